The topological polar surface area (TPSA) is 98.9 Å². The number of rotatable bonds is 6. The third-order valence-electron chi connectivity index (χ3n) is 3.88. The van der Waals surface area contributed by atoms with Gasteiger partial charge in [-0.2, -0.15) is 0 Å². The van der Waals surface area contributed by atoms with E-state index in [1.807, 2.05) is 4.90 Å². The summed E-state index contributed by atoms with van der Waals surface area (Å²) < 4.78 is 0. The van der Waals surface area contributed by atoms with Gasteiger partial charge in [0.1, 0.15) is 0 Å². The Morgan fingerprint density at radius 3 is 2.88 bits per heavy atom. The van der Waals surface area contributed by atoms with E-state index in [4.69, 9.17) is 11.6 Å². The van der Waals surface area contributed by atoms with Crippen LogP contribution in [0.1, 0.15) is 37.7 Å². The average molecular weight is 353 g/mol. The Labute approximate surface area is 145 Å². The summed E-state index contributed by atoms with van der Waals surface area (Å²) in [7, 11) is 0. The lowest BCUT2D eigenvalue weighted by Gasteiger charge is -2.19. The molecule has 0 radical (unpaired) electrons. The molecule has 0 atom stereocenters. The Morgan fingerprint density at radius 2 is 2.12 bits per heavy atom. The first-order chi connectivity index (χ1) is 11.5. The van der Waals surface area contributed by atoms with Crippen molar-refractivity contribution < 1.29 is 14.8 Å². The first-order valence-electron chi connectivity index (χ1n) is 7.91. The van der Waals surface area contributed by atoms with Gasteiger partial charge in [0, 0.05) is 43.4 Å². The molecule has 24 heavy (non-hydrogen) atoms. The van der Waals surface area contributed by atoms with E-state index in [1.165, 1.54) is 12.3 Å². The molecule has 0 N–H and O–H groups in total. The van der Waals surface area contributed by atoms with Gasteiger partial charge in [-0.1, -0.05) is 18.0 Å². The van der Waals surface area contributed by atoms with Gasteiger partial charge in [-0.05, 0) is 36.6 Å². The van der Waals surface area contributed by atoms with E-state index >= 15 is 0 Å². The normalized spacial score (nSPS) is 15.7. The van der Waals surface area contributed by atoms with E-state index in [0.29, 0.717) is 25.9 Å². The zero-order valence-electron chi connectivity index (χ0n) is 13.2. The van der Waals surface area contributed by atoms with Gasteiger partial charge in [-0.25, -0.2) is 0 Å². The number of benzene rings is 1. The third kappa shape index (κ3) is 4.92. The zero-order chi connectivity index (χ0) is 17.5. The van der Waals surface area contributed by atoms with Crippen molar-refractivity contribution in [2.24, 2.45) is 4.99 Å². The molecule has 7 nitrogen and oxygen atoms in total. The number of likely N-dealkylation sites (tertiary alicyclic amines) is 1. The van der Waals surface area contributed by atoms with Crippen LogP contribution >= 0.6 is 11.6 Å². The number of nitrogens with zero attached hydrogens (tertiary/aromatic N) is 3. The predicted molar refractivity (Wildman–Crippen MR) is 89.7 cm³/mol. The van der Waals surface area contributed by atoms with Crippen molar-refractivity contribution >= 4 is 29.4 Å². The van der Waals surface area contributed by atoms with E-state index in [9.17, 15) is 20.0 Å². The Bertz CT molecular complexity index is 648. The van der Waals surface area contributed by atoms with Crippen LogP contribution in [0.25, 0.3) is 0 Å². The molecule has 2 rings (SSSR count). The molecule has 130 valence electrons. The SMILES string of the molecule is O=C1CCCCCN1CCCN=Cc1cc(Cl)cc([N+](=O)[O-])c1[O-]. The van der Waals surface area contributed by atoms with Crippen molar-refractivity contribution in [3.8, 4) is 5.75 Å². The van der Waals surface area contributed by atoms with Gasteiger partial charge in [-0.3, -0.25) is 19.9 Å². The Kier molecular flexibility index (Phi) is 6.54. The molecule has 0 spiro atoms. The van der Waals surface area contributed by atoms with Crippen molar-refractivity contribution in [3.63, 3.8) is 0 Å². The molecule has 1 aliphatic heterocycles. The fourth-order valence-corrected chi connectivity index (χ4v) is 2.84. The van der Waals surface area contributed by atoms with Gasteiger partial charge >= 0.3 is 0 Å². The largest absolute Gasteiger partial charge is 0.867 e. The summed E-state index contributed by atoms with van der Waals surface area (Å²) in [5.74, 6) is -0.514. The minimum absolute atomic E-state index is 0.0973. The smallest absolute Gasteiger partial charge is 0.263 e. The quantitative estimate of drug-likeness (QED) is 0.340. The Hall–Kier alpha value is -2.15. The second-order valence-corrected chi connectivity index (χ2v) is 6.12. The predicted octanol–water partition coefficient (Wildman–Crippen LogP) is 2.53. The first kappa shape index (κ1) is 18.2. The lowest BCUT2D eigenvalue weighted by atomic mass is 10.2. The minimum Gasteiger partial charge on any atom is -0.867 e. The highest BCUT2D eigenvalue weighted by atomic mass is 35.5. The fourth-order valence-electron chi connectivity index (χ4n) is 2.62. The molecule has 1 aliphatic rings. The molecule has 8 heteroatoms. The molecule has 0 aliphatic carbocycles. The summed E-state index contributed by atoms with van der Waals surface area (Å²) in [5, 5.41) is 22.8. The van der Waals surface area contributed by atoms with Crippen LogP contribution in [0.15, 0.2) is 17.1 Å². The maximum Gasteiger partial charge on any atom is 0.263 e. The molecule has 1 aromatic carbocycles. The van der Waals surface area contributed by atoms with Gasteiger partial charge < -0.3 is 10.0 Å². The third-order valence-corrected chi connectivity index (χ3v) is 4.09. The maximum atomic E-state index is 11.9. The van der Waals surface area contributed by atoms with Crippen molar-refractivity contribution in [1.29, 1.82) is 0 Å². The Balaban J connectivity index is 1.90. The zero-order valence-corrected chi connectivity index (χ0v) is 14.0. The van der Waals surface area contributed by atoms with Crippen molar-refractivity contribution in [2.45, 2.75) is 32.1 Å². The van der Waals surface area contributed by atoms with Crippen LogP contribution in [0.4, 0.5) is 5.69 Å². The number of carbonyl (C=O) groups excluding carboxylic acids is 1. The van der Waals surface area contributed by atoms with Crippen LogP contribution in [-0.2, 0) is 4.79 Å². The van der Waals surface area contributed by atoms with E-state index in [-0.39, 0.29) is 16.5 Å². The number of nitro groups is 1. The average Bonchev–Trinajstić information content (AvgIpc) is 2.74. The fraction of sp³-hybridized carbons (Fsp3) is 0.500. The van der Waals surface area contributed by atoms with Gasteiger partial charge in [0.25, 0.3) is 5.69 Å². The van der Waals surface area contributed by atoms with Gasteiger partial charge in [0.15, 0.2) is 0 Å². The van der Waals surface area contributed by atoms with Crippen molar-refractivity contribution in [2.75, 3.05) is 19.6 Å². The van der Waals surface area contributed by atoms with Crippen LogP contribution in [0, 0.1) is 10.1 Å². The highest BCUT2D eigenvalue weighted by Crippen LogP contribution is 2.29. The van der Waals surface area contributed by atoms with E-state index < -0.39 is 16.4 Å². The summed E-state index contributed by atoms with van der Waals surface area (Å²) in [6.45, 7) is 1.85. The number of hydrogen-bond donors (Lipinski definition) is 0. The molecule has 1 fully saturated rings. The van der Waals surface area contributed by atoms with Crippen LogP contribution < -0.4 is 5.11 Å². The van der Waals surface area contributed by atoms with Gasteiger partial charge in [0.2, 0.25) is 5.91 Å². The molecule has 0 aromatic heterocycles. The summed E-state index contributed by atoms with van der Waals surface area (Å²) in [4.78, 5) is 27.9. The van der Waals surface area contributed by atoms with Crippen LogP contribution in [0.5, 0.6) is 5.75 Å². The van der Waals surface area contributed by atoms with E-state index in [0.717, 1.165) is 31.9 Å². The van der Waals surface area contributed by atoms with Crippen molar-refractivity contribution in [3.05, 3.63) is 32.8 Å². The monoisotopic (exact) mass is 352 g/mol. The second kappa shape index (κ2) is 8.63. The van der Waals surface area contributed by atoms with E-state index in [2.05, 4.69) is 4.99 Å². The number of carbonyl (C=O) groups is 1. The van der Waals surface area contributed by atoms with Crippen LogP contribution in [-0.4, -0.2) is 41.6 Å². The van der Waals surface area contributed by atoms with Gasteiger partial charge in [0.05, 0.1) is 4.92 Å². The molecule has 0 bridgehead atoms. The molecule has 1 saturated heterocycles. The number of amides is 1. The maximum absolute atomic E-state index is 11.9. The molecule has 1 heterocycles. The molecule has 1 amide bonds. The van der Waals surface area contributed by atoms with Crippen LogP contribution in [0.3, 0.4) is 0 Å². The first-order valence-corrected chi connectivity index (χ1v) is 8.29. The Morgan fingerprint density at radius 1 is 1.33 bits per heavy atom. The molecular formula is C16H19ClN3O4-. The molecule has 0 unspecified atom stereocenters. The van der Waals surface area contributed by atoms with Crippen molar-refractivity contribution in [1.82, 2.24) is 4.90 Å². The highest BCUT2D eigenvalue weighted by Gasteiger charge is 2.15. The summed E-state index contributed by atoms with van der Waals surface area (Å²) in [6, 6.07) is 2.39. The standard InChI is InChI=1S/C16H20ClN3O4/c17-13-9-12(16(22)14(10-13)20(23)24)11-18-6-4-8-19-7-3-1-2-5-15(19)21/h9-11,22H,1-8H2/p-1. The molecular weight excluding hydrogens is 334 g/mol. The second-order valence-electron chi connectivity index (χ2n) is 5.68. The number of aliphatic imine (C=N–C) groups is 1. The lowest BCUT2D eigenvalue weighted by Crippen LogP contribution is -2.31. The van der Waals surface area contributed by atoms with E-state index in [1.54, 1.807) is 0 Å². The summed E-state index contributed by atoms with van der Waals surface area (Å²) in [5.41, 5.74) is -0.459. The molecule has 1 aromatic rings. The van der Waals surface area contributed by atoms with Gasteiger partial charge in [-0.15, -0.1) is 0 Å². The summed E-state index contributed by atoms with van der Waals surface area (Å²) in [6.07, 6.45) is 5.66. The minimum atomic E-state index is -0.753. The lowest BCUT2D eigenvalue weighted by molar-refractivity contribution is -0.398. The number of hydrogen-bond acceptors (Lipinski definition) is 5. The number of nitro benzene ring substituents is 1. The van der Waals surface area contributed by atoms with Crippen LogP contribution in [0.2, 0.25) is 5.02 Å². The molecule has 0 saturated carbocycles. The highest BCUT2D eigenvalue weighted by molar-refractivity contribution is 6.31. The summed E-state index contributed by atoms with van der Waals surface area (Å²) >= 11 is 5.79. The number of halogens is 1.